The number of esters is 1. The number of allylic oxidation sites excluding steroid dienone is 8. The standard InChI is InChI=1S/C24H42NO7P/c1-3-5-6-7-8-9-10-11-12-13-14-15-16-17-19-29-21-23(32-24(26)4-2)22-31-33(27,28)30-20-18-25/h5-6,8-9,11-12,14-15,23H,3-4,7,10,13,16-22,25H2,1-2H3,(H,27,28)/b6-5-,9-8-,12-11-,15-14-. The molecule has 0 aromatic rings. The average molecular weight is 488 g/mol. The van der Waals surface area contributed by atoms with Crippen LogP contribution < -0.4 is 5.73 Å². The Morgan fingerprint density at radius 3 is 2.09 bits per heavy atom. The minimum Gasteiger partial charge on any atom is -0.457 e. The van der Waals surface area contributed by atoms with Crippen molar-refractivity contribution in [2.45, 2.75) is 64.9 Å². The van der Waals surface area contributed by atoms with Crippen LogP contribution in [0.3, 0.4) is 0 Å². The Morgan fingerprint density at radius 2 is 1.52 bits per heavy atom. The molecule has 0 saturated carbocycles. The molecule has 2 unspecified atom stereocenters. The number of hydrogen-bond donors (Lipinski definition) is 2. The smallest absolute Gasteiger partial charge is 0.457 e. The lowest BCUT2D eigenvalue weighted by molar-refractivity contribution is -0.154. The van der Waals surface area contributed by atoms with Crippen molar-refractivity contribution in [1.29, 1.82) is 0 Å². The zero-order valence-electron chi connectivity index (χ0n) is 20.1. The van der Waals surface area contributed by atoms with Crippen LogP contribution in [0.15, 0.2) is 48.6 Å². The molecular formula is C24H42NO7P. The van der Waals surface area contributed by atoms with E-state index in [0.717, 1.165) is 38.5 Å². The molecule has 0 aliphatic heterocycles. The highest BCUT2D eigenvalue weighted by Gasteiger charge is 2.24. The first-order chi connectivity index (χ1) is 15.9. The van der Waals surface area contributed by atoms with Gasteiger partial charge in [-0.3, -0.25) is 13.8 Å². The van der Waals surface area contributed by atoms with Crippen LogP contribution in [0.4, 0.5) is 0 Å². The van der Waals surface area contributed by atoms with Crippen LogP contribution in [-0.2, 0) is 27.9 Å². The van der Waals surface area contributed by atoms with Gasteiger partial charge >= 0.3 is 13.8 Å². The number of ether oxygens (including phenoxy) is 2. The predicted octanol–water partition coefficient (Wildman–Crippen LogP) is 5.00. The van der Waals surface area contributed by atoms with Crippen molar-refractivity contribution in [1.82, 2.24) is 0 Å². The Balaban J connectivity index is 4.01. The number of hydrogen-bond acceptors (Lipinski definition) is 7. The number of carbonyl (C=O) groups excluding carboxylic acids is 1. The quantitative estimate of drug-likeness (QED) is 0.100. The van der Waals surface area contributed by atoms with Gasteiger partial charge in [-0.05, 0) is 38.5 Å². The summed E-state index contributed by atoms with van der Waals surface area (Å²) < 4.78 is 32.0. The number of rotatable bonds is 21. The lowest BCUT2D eigenvalue weighted by atomic mass is 10.2. The monoisotopic (exact) mass is 487 g/mol. The van der Waals surface area contributed by atoms with E-state index in [9.17, 15) is 14.3 Å². The maximum absolute atomic E-state index is 11.7. The number of carbonyl (C=O) groups is 1. The summed E-state index contributed by atoms with van der Waals surface area (Å²) in [6.45, 7) is 4.00. The van der Waals surface area contributed by atoms with Gasteiger partial charge in [-0.2, -0.15) is 0 Å². The molecule has 0 aliphatic carbocycles. The minimum absolute atomic E-state index is 0.0663. The molecule has 2 atom stereocenters. The molecule has 0 aromatic carbocycles. The molecule has 0 aromatic heterocycles. The molecule has 0 bridgehead atoms. The molecule has 0 fully saturated rings. The fraction of sp³-hybridized carbons (Fsp3) is 0.625. The summed E-state index contributed by atoms with van der Waals surface area (Å²) in [7, 11) is -4.24. The first kappa shape index (κ1) is 31.5. The van der Waals surface area contributed by atoms with Crippen molar-refractivity contribution in [3.05, 3.63) is 48.6 Å². The second-order valence-corrected chi connectivity index (χ2v) is 8.52. The lowest BCUT2D eigenvalue weighted by Gasteiger charge is -2.19. The van der Waals surface area contributed by atoms with Gasteiger partial charge in [0.25, 0.3) is 0 Å². The van der Waals surface area contributed by atoms with E-state index in [4.69, 9.17) is 19.7 Å². The first-order valence-corrected chi connectivity index (χ1v) is 13.1. The van der Waals surface area contributed by atoms with E-state index in [-0.39, 0.29) is 32.8 Å². The molecule has 190 valence electrons. The maximum Gasteiger partial charge on any atom is 0.472 e. The predicted molar refractivity (Wildman–Crippen MR) is 132 cm³/mol. The van der Waals surface area contributed by atoms with Gasteiger partial charge in [0, 0.05) is 19.6 Å². The van der Waals surface area contributed by atoms with E-state index in [1.807, 2.05) is 0 Å². The molecule has 0 spiro atoms. The second kappa shape index (κ2) is 22.3. The minimum atomic E-state index is -4.24. The molecule has 0 aliphatic rings. The second-order valence-electron chi connectivity index (χ2n) is 7.07. The molecule has 33 heavy (non-hydrogen) atoms. The summed E-state index contributed by atoms with van der Waals surface area (Å²) in [5.74, 6) is -0.442. The van der Waals surface area contributed by atoms with Crippen LogP contribution >= 0.6 is 7.82 Å². The van der Waals surface area contributed by atoms with Gasteiger partial charge in [0.15, 0.2) is 0 Å². The van der Waals surface area contributed by atoms with Crippen molar-refractivity contribution in [3.63, 3.8) is 0 Å². The average Bonchev–Trinajstić information content (AvgIpc) is 2.80. The van der Waals surface area contributed by atoms with Crippen LogP contribution in [0.1, 0.15) is 58.8 Å². The van der Waals surface area contributed by atoms with Crippen molar-refractivity contribution in [2.24, 2.45) is 5.73 Å². The van der Waals surface area contributed by atoms with E-state index in [0.29, 0.717) is 6.61 Å². The summed E-state index contributed by atoms with van der Waals surface area (Å²) in [5.41, 5.74) is 5.24. The Hall–Kier alpha value is -1.54. The van der Waals surface area contributed by atoms with E-state index in [2.05, 4.69) is 60.1 Å². The summed E-state index contributed by atoms with van der Waals surface area (Å²) >= 11 is 0. The highest BCUT2D eigenvalue weighted by Crippen LogP contribution is 2.43. The zero-order valence-corrected chi connectivity index (χ0v) is 21.0. The zero-order chi connectivity index (χ0) is 24.6. The van der Waals surface area contributed by atoms with Gasteiger partial charge in [0.1, 0.15) is 6.10 Å². The van der Waals surface area contributed by atoms with Crippen LogP contribution in [-0.4, -0.2) is 49.9 Å². The molecule has 0 rings (SSSR count). The summed E-state index contributed by atoms with van der Waals surface area (Å²) in [6.07, 6.45) is 22.2. The number of nitrogens with two attached hydrogens (primary N) is 1. The third-order valence-electron chi connectivity index (χ3n) is 4.06. The normalized spacial score (nSPS) is 15.2. The van der Waals surface area contributed by atoms with Crippen LogP contribution in [0.2, 0.25) is 0 Å². The van der Waals surface area contributed by atoms with E-state index >= 15 is 0 Å². The van der Waals surface area contributed by atoms with Crippen molar-refractivity contribution >= 4 is 13.8 Å². The van der Waals surface area contributed by atoms with Crippen molar-refractivity contribution in [2.75, 3.05) is 33.0 Å². The summed E-state index contributed by atoms with van der Waals surface area (Å²) in [4.78, 5) is 21.1. The summed E-state index contributed by atoms with van der Waals surface area (Å²) in [6, 6.07) is 0. The van der Waals surface area contributed by atoms with E-state index in [1.165, 1.54) is 0 Å². The molecule has 0 saturated heterocycles. The number of unbranched alkanes of at least 4 members (excludes halogenated alkanes) is 1. The Morgan fingerprint density at radius 1 is 0.909 bits per heavy atom. The number of phosphoric ester groups is 1. The largest absolute Gasteiger partial charge is 0.472 e. The van der Waals surface area contributed by atoms with Crippen LogP contribution in [0, 0.1) is 0 Å². The summed E-state index contributed by atoms with van der Waals surface area (Å²) in [5, 5.41) is 0. The van der Waals surface area contributed by atoms with Crippen LogP contribution in [0.25, 0.3) is 0 Å². The molecule has 8 nitrogen and oxygen atoms in total. The van der Waals surface area contributed by atoms with Crippen molar-refractivity contribution < 1.29 is 32.8 Å². The number of phosphoric acid groups is 1. The van der Waals surface area contributed by atoms with Gasteiger partial charge in [-0.15, -0.1) is 0 Å². The van der Waals surface area contributed by atoms with Gasteiger partial charge in [0.2, 0.25) is 0 Å². The molecular weight excluding hydrogens is 445 g/mol. The lowest BCUT2D eigenvalue weighted by Crippen LogP contribution is -2.28. The molecule has 0 radical (unpaired) electrons. The Kier molecular flexibility index (Phi) is 21.2. The molecule has 0 heterocycles. The van der Waals surface area contributed by atoms with Crippen molar-refractivity contribution in [3.8, 4) is 0 Å². The highest BCUT2D eigenvalue weighted by atomic mass is 31.2. The fourth-order valence-corrected chi connectivity index (χ4v) is 3.15. The first-order valence-electron chi connectivity index (χ1n) is 11.6. The topological polar surface area (TPSA) is 117 Å². The third-order valence-corrected chi connectivity index (χ3v) is 5.05. The van der Waals surface area contributed by atoms with Gasteiger partial charge in [0.05, 0.1) is 19.8 Å². The van der Waals surface area contributed by atoms with Crippen LogP contribution in [0.5, 0.6) is 0 Å². The Bertz CT molecular complexity index is 647. The van der Waals surface area contributed by atoms with Gasteiger partial charge in [-0.1, -0.05) is 62.5 Å². The van der Waals surface area contributed by atoms with E-state index < -0.39 is 19.9 Å². The van der Waals surface area contributed by atoms with Gasteiger partial charge in [-0.25, -0.2) is 4.57 Å². The maximum atomic E-state index is 11.7. The SMILES string of the molecule is CC/C=C\C/C=C\C/C=C\C/C=C\CCCOCC(COP(=O)(O)OCCN)OC(=O)CC. The molecule has 0 amide bonds. The molecule has 3 N–H and O–H groups in total. The fourth-order valence-electron chi connectivity index (χ4n) is 2.38. The van der Waals surface area contributed by atoms with E-state index in [1.54, 1.807) is 6.92 Å². The highest BCUT2D eigenvalue weighted by molar-refractivity contribution is 7.47. The van der Waals surface area contributed by atoms with Gasteiger partial charge < -0.3 is 20.1 Å². The third kappa shape index (κ3) is 22.0. The molecule has 9 heteroatoms. The Labute approximate surface area is 199 Å².